The Kier molecular flexibility index (Phi) is 3.15. The van der Waals surface area contributed by atoms with Crippen molar-refractivity contribution in [3.63, 3.8) is 0 Å². The number of hydrogen-bond donors (Lipinski definition) is 0. The lowest BCUT2D eigenvalue weighted by atomic mass is 10.3. The monoisotopic (exact) mass is 164 g/mol. The minimum Gasteiger partial charge on any atom is -0.494 e. The van der Waals surface area contributed by atoms with Crippen LogP contribution in [0.25, 0.3) is 0 Å². The fourth-order valence-corrected chi connectivity index (χ4v) is 0.793. The summed E-state index contributed by atoms with van der Waals surface area (Å²) in [6.45, 7) is 10.3. The maximum absolute atomic E-state index is 5.39. The summed E-state index contributed by atoms with van der Waals surface area (Å²) in [5.74, 6) is 1.53. The molecule has 0 aromatic rings. The Balaban J connectivity index is 2.13. The summed E-state index contributed by atoms with van der Waals surface area (Å²) in [5.41, 5.74) is 1.02. The Labute approximate surface area is 74.4 Å². The van der Waals surface area contributed by atoms with E-state index in [1.54, 1.807) is 0 Å². The average Bonchev–Trinajstić information content (AvgIpc) is 2.80. The summed E-state index contributed by atoms with van der Waals surface area (Å²) in [5, 5.41) is 0. The fourth-order valence-electron chi connectivity index (χ4n) is 0.793. The van der Waals surface area contributed by atoms with Gasteiger partial charge in [0, 0.05) is 0 Å². The van der Waals surface area contributed by atoms with Crippen molar-refractivity contribution in [2.24, 2.45) is 5.92 Å². The van der Waals surface area contributed by atoms with Crippen molar-refractivity contribution < 1.29 is 4.74 Å². The Morgan fingerprint density at radius 2 is 2.08 bits per heavy atom. The van der Waals surface area contributed by atoms with Crippen LogP contribution in [0.15, 0.2) is 36.6 Å². The van der Waals surface area contributed by atoms with Gasteiger partial charge in [-0.25, -0.2) is 0 Å². The Morgan fingerprint density at radius 1 is 1.42 bits per heavy atom. The van der Waals surface area contributed by atoms with Crippen molar-refractivity contribution in [3.05, 3.63) is 36.6 Å². The SMILES string of the molecule is C=C(C)/C=C\C(=C)OCC1CC1. The lowest BCUT2D eigenvalue weighted by molar-refractivity contribution is 0.212. The molecule has 0 amide bonds. The highest BCUT2D eigenvalue weighted by molar-refractivity contribution is 5.19. The summed E-state index contributed by atoms with van der Waals surface area (Å²) in [4.78, 5) is 0. The zero-order chi connectivity index (χ0) is 8.97. The topological polar surface area (TPSA) is 9.23 Å². The standard InChI is InChI=1S/C11H16O/c1-9(2)4-5-10(3)12-8-11-6-7-11/h4-5,11H,1,3,6-8H2,2H3/b5-4-. The highest BCUT2D eigenvalue weighted by Crippen LogP contribution is 2.29. The van der Waals surface area contributed by atoms with Gasteiger partial charge in [-0.05, 0) is 31.8 Å². The molecule has 0 saturated heterocycles. The van der Waals surface area contributed by atoms with Crippen molar-refractivity contribution in [3.8, 4) is 0 Å². The first kappa shape index (κ1) is 9.11. The van der Waals surface area contributed by atoms with Gasteiger partial charge in [0.25, 0.3) is 0 Å². The van der Waals surface area contributed by atoms with Crippen LogP contribution >= 0.6 is 0 Å². The zero-order valence-corrected chi connectivity index (χ0v) is 7.68. The highest BCUT2D eigenvalue weighted by Gasteiger charge is 2.21. The first-order valence-electron chi connectivity index (χ1n) is 4.34. The number of allylic oxidation sites excluding steroid dienone is 3. The van der Waals surface area contributed by atoms with E-state index in [4.69, 9.17) is 4.74 Å². The second kappa shape index (κ2) is 4.15. The van der Waals surface area contributed by atoms with Gasteiger partial charge in [-0.1, -0.05) is 24.8 Å². The van der Waals surface area contributed by atoms with Crippen LogP contribution in [-0.2, 0) is 4.74 Å². The molecule has 0 N–H and O–H groups in total. The summed E-state index contributed by atoms with van der Waals surface area (Å²) in [6.07, 6.45) is 6.41. The Hall–Kier alpha value is -0.980. The van der Waals surface area contributed by atoms with E-state index in [-0.39, 0.29) is 0 Å². The fraction of sp³-hybridized carbons (Fsp3) is 0.455. The molecular formula is C11H16O. The second-order valence-corrected chi connectivity index (χ2v) is 3.40. The molecule has 0 aromatic carbocycles. The van der Waals surface area contributed by atoms with E-state index < -0.39 is 0 Å². The molecule has 0 bridgehead atoms. The van der Waals surface area contributed by atoms with Crippen LogP contribution in [0.2, 0.25) is 0 Å². The molecule has 1 fully saturated rings. The van der Waals surface area contributed by atoms with Crippen LogP contribution < -0.4 is 0 Å². The van der Waals surface area contributed by atoms with Gasteiger partial charge in [-0.2, -0.15) is 0 Å². The Morgan fingerprint density at radius 3 is 2.58 bits per heavy atom. The molecule has 1 saturated carbocycles. The molecule has 66 valence electrons. The van der Waals surface area contributed by atoms with Crippen LogP contribution in [0.1, 0.15) is 19.8 Å². The molecule has 1 rings (SSSR count). The van der Waals surface area contributed by atoms with Crippen LogP contribution in [0.3, 0.4) is 0 Å². The lowest BCUT2D eigenvalue weighted by Gasteiger charge is -2.02. The number of rotatable bonds is 5. The molecule has 0 radical (unpaired) electrons. The van der Waals surface area contributed by atoms with E-state index in [1.807, 2.05) is 19.1 Å². The van der Waals surface area contributed by atoms with E-state index in [1.165, 1.54) is 12.8 Å². The molecule has 0 aliphatic heterocycles. The van der Waals surface area contributed by atoms with E-state index in [0.717, 1.165) is 23.9 Å². The molecule has 1 aliphatic carbocycles. The minimum absolute atomic E-state index is 0.741. The number of ether oxygens (including phenoxy) is 1. The van der Waals surface area contributed by atoms with Crippen LogP contribution in [-0.4, -0.2) is 6.61 Å². The summed E-state index contributed by atoms with van der Waals surface area (Å²) in [6, 6.07) is 0. The van der Waals surface area contributed by atoms with Gasteiger partial charge < -0.3 is 4.74 Å². The van der Waals surface area contributed by atoms with Crippen molar-refractivity contribution in [1.29, 1.82) is 0 Å². The van der Waals surface area contributed by atoms with Crippen molar-refractivity contribution in [2.45, 2.75) is 19.8 Å². The van der Waals surface area contributed by atoms with E-state index in [2.05, 4.69) is 13.2 Å². The third-order valence-corrected chi connectivity index (χ3v) is 1.76. The van der Waals surface area contributed by atoms with Gasteiger partial charge in [-0.3, -0.25) is 0 Å². The van der Waals surface area contributed by atoms with E-state index in [0.29, 0.717) is 0 Å². The van der Waals surface area contributed by atoms with Crippen molar-refractivity contribution >= 4 is 0 Å². The largest absolute Gasteiger partial charge is 0.494 e. The average molecular weight is 164 g/mol. The molecule has 0 aromatic heterocycles. The van der Waals surface area contributed by atoms with Gasteiger partial charge in [0.15, 0.2) is 0 Å². The van der Waals surface area contributed by atoms with E-state index >= 15 is 0 Å². The molecule has 0 atom stereocenters. The molecule has 12 heavy (non-hydrogen) atoms. The minimum atomic E-state index is 0.741. The van der Waals surface area contributed by atoms with E-state index in [9.17, 15) is 0 Å². The van der Waals surface area contributed by atoms with Crippen LogP contribution in [0, 0.1) is 5.92 Å². The molecule has 0 unspecified atom stereocenters. The maximum Gasteiger partial charge on any atom is 0.112 e. The van der Waals surface area contributed by atoms with Crippen molar-refractivity contribution in [1.82, 2.24) is 0 Å². The van der Waals surface area contributed by atoms with Crippen LogP contribution in [0.5, 0.6) is 0 Å². The third kappa shape index (κ3) is 4.02. The second-order valence-electron chi connectivity index (χ2n) is 3.40. The normalized spacial score (nSPS) is 16.4. The summed E-state index contributed by atoms with van der Waals surface area (Å²) < 4.78 is 5.39. The summed E-state index contributed by atoms with van der Waals surface area (Å²) >= 11 is 0. The predicted molar refractivity (Wildman–Crippen MR) is 51.8 cm³/mol. The third-order valence-electron chi connectivity index (χ3n) is 1.76. The Bertz CT molecular complexity index is 209. The predicted octanol–water partition coefficient (Wildman–Crippen LogP) is 3.06. The van der Waals surface area contributed by atoms with Gasteiger partial charge in [0.2, 0.25) is 0 Å². The maximum atomic E-state index is 5.39. The van der Waals surface area contributed by atoms with Gasteiger partial charge in [0.05, 0.1) is 6.61 Å². The quantitative estimate of drug-likeness (QED) is 0.448. The first-order valence-corrected chi connectivity index (χ1v) is 4.34. The molecule has 1 aliphatic rings. The van der Waals surface area contributed by atoms with Gasteiger partial charge in [-0.15, -0.1) is 0 Å². The molecule has 1 heteroatoms. The smallest absolute Gasteiger partial charge is 0.112 e. The molecular weight excluding hydrogens is 148 g/mol. The molecule has 0 spiro atoms. The first-order chi connectivity index (χ1) is 5.68. The van der Waals surface area contributed by atoms with Crippen LogP contribution in [0.4, 0.5) is 0 Å². The molecule has 1 nitrogen and oxygen atoms in total. The van der Waals surface area contributed by atoms with Crippen molar-refractivity contribution in [2.75, 3.05) is 6.61 Å². The highest BCUT2D eigenvalue weighted by atomic mass is 16.5. The zero-order valence-electron chi connectivity index (χ0n) is 7.68. The van der Waals surface area contributed by atoms with Gasteiger partial charge >= 0.3 is 0 Å². The van der Waals surface area contributed by atoms with Gasteiger partial charge in [0.1, 0.15) is 5.76 Å². The summed E-state index contributed by atoms with van der Waals surface area (Å²) in [7, 11) is 0. The molecule has 0 heterocycles. The number of hydrogen-bond acceptors (Lipinski definition) is 1. The lowest BCUT2D eigenvalue weighted by Crippen LogP contribution is -1.93.